The van der Waals surface area contributed by atoms with Gasteiger partial charge in [-0.05, 0) is 25.4 Å². The smallest absolute Gasteiger partial charge is 0.306 e. The van der Waals surface area contributed by atoms with Crippen LogP contribution in [-0.2, 0) is 14.3 Å². The molecule has 0 atom stereocenters. The average Bonchev–Trinajstić information content (AvgIpc) is 2.22. The molecule has 5 heteroatoms. The van der Waals surface area contributed by atoms with Crippen molar-refractivity contribution in [2.24, 2.45) is 0 Å². The Bertz CT molecular complexity index is 197. The molecule has 0 aromatic rings. The zero-order chi connectivity index (χ0) is 11.5. The Kier molecular flexibility index (Phi) is 9.36. The summed E-state index contributed by atoms with van der Waals surface area (Å²) >= 11 is 1.75. The number of hydrogen-bond donors (Lipinski definition) is 1. The van der Waals surface area contributed by atoms with E-state index in [9.17, 15) is 9.59 Å². The predicted octanol–water partition coefficient (Wildman–Crippen LogP) is 1.20. The number of amides is 1. The van der Waals surface area contributed by atoms with Gasteiger partial charge in [0.05, 0.1) is 13.0 Å². The first-order chi connectivity index (χ1) is 7.20. The summed E-state index contributed by atoms with van der Waals surface area (Å²) in [6.45, 7) is 2.80. The molecule has 0 aromatic carbocycles. The third-order valence-corrected chi connectivity index (χ3v) is 2.41. The highest BCUT2D eigenvalue weighted by atomic mass is 32.2. The molecule has 0 bridgehead atoms. The maximum absolute atomic E-state index is 11.2. The lowest BCUT2D eigenvalue weighted by Crippen LogP contribution is -2.25. The van der Waals surface area contributed by atoms with Crippen molar-refractivity contribution in [3.63, 3.8) is 0 Å². The minimum atomic E-state index is -0.309. The highest BCUT2D eigenvalue weighted by Gasteiger charge is 2.06. The lowest BCUT2D eigenvalue weighted by Gasteiger charge is -2.04. The first kappa shape index (κ1) is 14.3. The maximum Gasteiger partial charge on any atom is 0.306 e. The Balaban J connectivity index is 3.36. The number of thioether (sulfide) groups is 1. The van der Waals surface area contributed by atoms with Crippen molar-refractivity contribution in [1.82, 2.24) is 5.32 Å². The van der Waals surface area contributed by atoms with E-state index in [1.54, 1.807) is 18.7 Å². The molecule has 0 saturated heterocycles. The van der Waals surface area contributed by atoms with Crippen LogP contribution in [0.5, 0.6) is 0 Å². The van der Waals surface area contributed by atoms with Crippen LogP contribution in [0.2, 0.25) is 0 Å². The molecule has 0 aliphatic rings. The van der Waals surface area contributed by atoms with Crippen molar-refractivity contribution in [2.75, 3.05) is 25.2 Å². The topological polar surface area (TPSA) is 55.4 Å². The highest BCUT2D eigenvalue weighted by molar-refractivity contribution is 7.98. The lowest BCUT2D eigenvalue weighted by molar-refractivity contribution is -0.144. The summed E-state index contributed by atoms with van der Waals surface area (Å²) in [5.41, 5.74) is 0. The second-order valence-corrected chi connectivity index (χ2v) is 3.99. The normalized spacial score (nSPS) is 9.73. The fourth-order valence-electron chi connectivity index (χ4n) is 0.981. The van der Waals surface area contributed by atoms with Gasteiger partial charge in [-0.3, -0.25) is 9.59 Å². The Morgan fingerprint density at radius 1 is 1.33 bits per heavy atom. The molecule has 0 aromatic heterocycles. The standard InChI is InChI=1S/C10H19NO3S/c1-3-14-10(13)6-5-9(12)11-7-4-8-15-2/h3-8H2,1-2H3,(H,11,12). The molecule has 15 heavy (non-hydrogen) atoms. The number of esters is 1. The van der Waals surface area contributed by atoms with Gasteiger partial charge >= 0.3 is 5.97 Å². The average molecular weight is 233 g/mol. The van der Waals surface area contributed by atoms with Crippen LogP contribution in [0.1, 0.15) is 26.2 Å². The molecule has 0 rings (SSSR count). The van der Waals surface area contributed by atoms with Gasteiger partial charge in [0.25, 0.3) is 0 Å². The molecular weight excluding hydrogens is 214 g/mol. The quantitative estimate of drug-likeness (QED) is 0.505. The van der Waals surface area contributed by atoms with Gasteiger partial charge < -0.3 is 10.1 Å². The highest BCUT2D eigenvalue weighted by Crippen LogP contribution is 1.95. The summed E-state index contributed by atoms with van der Waals surface area (Å²) in [4.78, 5) is 22.1. The molecule has 0 heterocycles. The van der Waals surface area contributed by atoms with Gasteiger partial charge in [0, 0.05) is 13.0 Å². The fourth-order valence-corrected chi connectivity index (χ4v) is 1.41. The molecule has 0 unspecified atom stereocenters. The largest absolute Gasteiger partial charge is 0.466 e. The van der Waals surface area contributed by atoms with E-state index in [0.29, 0.717) is 13.2 Å². The van der Waals surface area contributed by atoms with Gasteiger partial charge in [-0.2, -0.15) is 11.8 Å². The molecule has 0 aliphatic carbocycles. The van der Waals surface area contributed by atoms with Crippen molar-refractivity contribution in [3.05, 3.63) is 0 Å². The van der Waals surface area contributed by atoms with Crippen LogP contribution in [0.25, 0.3) is 0 Å². The molecule has 0 fully saturated rings. The van der Waals surface area contributed by atoms with Crippen molar-refractivity contribution in [2.45, 2.75) is 26.2 Å². The van der Waals surface area contributed by atoms with Gasteiger partial charge in [0.1, 0.15) is 0 Å². The van der Waals surface area contributed by atoms with E-state index >= 15 is 0 Å². The maximum atomic E-state index is 11.2. The van der Waals surface area contributed by atoms with Gasteiger partial charge in [0.2, 0.25) is 5.91 Å². The predicted molar refractivity (Wildman–Crippen MR) is 61.9 cm³/mol. The number of nitrogens with one attached hydrogen (secondary N) is 1. The first-order valence-electron chi connectivity index (χ1n) is 5.12. The lowest BCUT2D eigenvalue weighted by atomic mass is 10.3. The summed E-state index contributed by atoms with van der Waals surface area (Å²) < 4.78 is 4.71. The van der Waals surface area contributed by atoms with Crippen molar-refractivity contribution in [1.29, 1.82) is 0 Å². The van der Waals surface area contributed by atoms with Crippen LogP contribution in [0.4, 0.5) is 0 Å². The van der Waals surface area contributed by atoms with Gasteiger partial charge in [-0.25, -0.2) is 0 Å². The SMILES string of the molecule is CCOC(=O)CCC(=O)NCCCSC. The van der Waals surface area contributed by atoms with E-state index in [4.69, 9.17) is 4.74 Å². The van der Waals surface area contributed by atoms with E-state index in [-0.39, 0.29) is 24.7 Å². The first-order valence-corrected chi connectivity index (χ1v) is 6.51. The van der Waals surface area contributed by atoms with Crippen LogP contribution >= 0.6 is 11.8 Å². The number of ether oxygens (including phenoxy) is 1. The summed E-state index contributed by atoms with van der Waals surface area (Å²) in [6, 6.07) is 0. The Morgan fingerprint density at radius 2 is 2.07 bits per heavy atom. The number of rotatable bonds is 8. The molecular formula is C10H19NO3S. The molecule has 0 aliphatic heterocycles. The zero-order valence-corrected chi connectivity index (χ0v) is 10.2. The van der Waals surface area contributed by atoms with E-state index in [1.807, 2.05) is 6.26 Å². The van der Waals surface area contributed by atoms with Crippen molar-refractivity contribution in [3.8, 4) is 0 Å². The second-order valence-electron chi connectivity index (χ2n) is 3.00. The Labute approximate surface area is 95.1 Å². The van der Waals surface area contributed by atoms with Gasteiger partial charge in [-0.1, -0.05) is 0 Å². The van der Waals surface area contributed by atoms with E-state index in [1.165, 1.54) is 0 Å². The molecule has 4 nitrogen and oxygen atoms in total. The molecule has 1 N–H and O–H groups in total. The van der Waals surface area contributed by atoms with Gasteiger partial charge in [-0.15, -0.1) is 0 Å². The van der Waals surface area contributed by atoms with Crippen LogP contribution in [0, 0.1) is 0 Å². The van der Waals surface area contributed by atoms with Crippen LogP contribution < -0.4 is 5.32 Å². The fraction of sp³-hybridized carbons (Fsp3) is 0.800. The monoisotopic (exact) mass is 233 g/mol. The van der Waals surface area contributed by atoms with Crippen LogP contribution in [0.3, 0.4) is 0 Å². The summed E-state index contributed by atoms with van der Waals surface area (Å²) in [6.07, 6.45) is 3.38. The molecule has 88 valence electrons. The third kappa shape index (κ3) is 9.59. The second kappa shape index (κ2) is 9.83. The minimum Gasteiger partial charge on any atom is -0.466 e. The summed E-state index contributed by atoms with van der Waals surface area (Å²) in [5.74, 6) is 0.652. The molecule has 0 spiro atoms. The third-order valence-electron chi connectivity index (χ3n) is 1.71. The van der Waals surface area contributed by atoms with Gasteiger partial charge in [0.15, 0.2) is 0 Å². The van der Waals surface area contributed by atoms with E-state index in [2.05, 4.69) is 5.32 Å². The number of carbonyl (C=O) groups is 2. The van der Waals surface area contributed by atoms with Crippen LogP contribution in [-0.4, -0.2) is 37.0 Å². The summed E-state index contributed by atoms with van der Waals surface area (Å²) in [7, 11) is 0. The van der Waals surface area contributed by atoms with Crippen molar-refractivity contribution < 1.29 is 14.3 Å². The van der Waals surface area contributed by atoms with E-state index < -0.39 is 0 Å². The molecule has 1 amide bonds. The Hall–Kier alpha value is -0.710. The molecule has 0 saturated carbocycles. The summed E-state index contributed by atoms with van der Waals surface area (Å²) in [5, 5.41) is 2.75. The van der Waals surface area contributed by atoms with E-state index in [0.717, 1.165) is 12.2 Å². The Morgan fingerprint density at radius 3 is 2.67 bits per heavy atom. The zero-order valence-electron chi connectivity index (χ0n) is 9.38. The minimum absolute atomic E-state index is 0.0795. The molecule has 0 radical (unpaired) electrons. The van der Waals surface area contributed by atoms with Crippen LogP contribution in [0.15, 0.2) is 0 Å². The van der Waals surface area contributed by atoms with Crippen molar-refractivity contribution >= 4 is 23.6 Å². The number of hydrogen-bond acceptors (Lipinski definition) is 4. The number of carbonyl (C=O) groups excluding carboxylic acids is 2.